The number of aromatic nitrogens is 1. The number of hydrogen-bond acceptors (Lipinski definition) is 4. The maximum Gasteiger partial charge on any atom is 0.261 e. The molecule has 1 aliphatic heterocycles. The molecular weight excluding hydrogens is 424 g/mol. The van der Waals surface area contributed by atoms with Crippen molar-refractivity contribution in [1.29, 1.82) is 0 Å². The van der Waals surface area contributed by atoms with E-state index in [4.69, 9.17) is 5.73 Å². The summed E-state index contributed by atoms with van der Waals surface area (Å²) in [6.07, 6.45) is 4.63. The molecule has 0 spiro atoms. The predicted octanol–water partition coefficient (Wildman–Crippen LogP) is 4.48. The number of halogens is 4. The molecule has 9 heteroatoms. The van der Waals surface area contributed by atoms with Crippen LogP contribution in [0.15, 0.2) is 48.8 Å². The Labute approximate surface area is 181 Å². The molecule has 5 nitrogen and oxygen atoms in total. The van der Waals surface area contributed by atoms with Gasteiger partial charge < -0.3 is 16.0 Å². The summed E-state index contributed by atoms with van der Waals surface area (Å²) in [5.41, 5.74) is 4.71. The third kappa shape index (κ3) is 4.16. The van der Waals surface area contributed by atoms with E-state index in [2.05, 4.69) is 10.3 Å². The molecular formula is C23H20F4N4O. The monoisotopic (exact) mass is 444 g/mol. The zero-order valence-corrected chi connectivity index (χ0v) is 16.9. The van der Waals surface area contributed by atoms with Crippen LogP contribution in [0.25, 0.3) is 11.1 Å². The Morgan fingerprint density at radius 2 is 1.81 bits per heavy atom. The Kier molecular flexibility index (Phi) is 6.09. The Balaban J connectivity index is 1.70. The van der Waals surface area contributed by atoms with Crippen LogP contribution < -0.4 is 16.0 Å². The predicted molar refractivity (Wildman–Crippen MR) is 113 cm³/mol. The van der Waals surface area contributed by atoms with E-state index in [-0.39, 0.29) is 11.7 Å². The minimum atomic E-state index is -1.36. The molecule has 2 heterocycles. The van der Waals surface area contributed by atoms with Crippen molar-refractivity contribution in [2.24, 2.45) is 5.73 Å². The first-order chi connectivity index (χ1) is 15.4. The molecule has 3 aromatic rings. The van der Waals surface area contributed by atoms with Gasteiger partial charge >= 0.3 is 0 Å². The van der Waals surface area contributed by atoms with E-state index in [1.807, 2.05) is 4.90 Å². The molecule has 32 heavy (non-hydrogen) atoms. The van der Waals surface area contributed by atoms with E-state index < -0.39 is 45.9 Å². The lowest BCUT2D eigenvalue weighted by molar-refractivity contribution is 0.101. The standard InChI is InChI=1S/C23H20F4N4O/c24-15-4-1-5-16(25)20(15)14-6-7-17(26)21(22(14)27)23(32)30-18-11-29-9-8-19(18)31-10-2-3-13(28)12-31/h1,4-9,11,13H,2-3,10,12,28H2,(H,30,32)/t13-/m0/s1. The molecule has 0 aliphatic carbocycles. The fraction of sp³-hybridized carbons (Fsp3) is 0.217. The third-order valence-electron chi connectivity index (χ3n) is 5.40. The molecule has 1 saturated heterocycles. The smallest absolute Gasteiger partial charge is 0.261 e. The second-order valence-electron chi connectivity index (χ2n) is 7.58. The van der Waals surface area contributed by atoms with Crippen molar-refractivity contribution in [2.45, 2.75) is 18.9 Å². The van der Waals surface area contributed by atoms with E-state index in [0.29, 0.717) is 18.8 Å². The minimum absolute atomic E-state index is 0.0392. The van der Waals surface area contributed by atoms with Gasteiger partial charge in [-0.25, -0.2) is 17.6 Å². The summed E-state index contributed by atoms with van der Waals surface area (Å²) in [6, 6.07) is 6.35. The average Bonchev–Trinajstić information content (AvgIpc) is 2.75. The van der Waals surface area contributed by atoms with Gasteiger partial charge in [0.1, 0.15) is 28.8 Å². The first-order valence-electron chi connectivity index (χ1n) is 10.0. The maximum atomic E-state index is 15.2. The van der Waals surface area contributed by atoms with Gasteiger partial charge in [0.2, 0.25) is 0 Å². The number of carbonyl (C=O) groups excluding carboxylic acids is 1. The molecule has 0 saturated carbocycles. The SMILES string of the molecule is N[C@H]1CCCN(c2ccncc2NC(=O)c2c(F)ccc(-c3c(F)cccc3F)c2F)C1. The van der Waals surface area contributed by atoms with Gasteiger partial charge in [-0.3, -0.25) is 9.78 Å². The van der Waals surface area contributed by atoms with Gasteiger partial charge in [-0.05, 0) is 43.2 Å². The fourth-order valence-electron chi connectivity index (χ4n) is 3.88. The van der Waals surface area contributed by atoms with Crippen LogP contribution in [0.5, 0.6) is 0 Å². The molecule has 0 radical (unpaired) electrons. The number of piperidine rings is 1. The van der Waals surface area contributed by atoms with Crippen LogP contribution in [0, 0.1) is 23.3 Å². The Morgan fingerprint density at radius 1 is 1.06 bits per heavy atom. The summed E-state index contributed by atoms with van der Waals surface area (Å²) in [4.78, 5) is 18.8. The van der Waals surface area contributed by atoms with Crippen molar-refractivity contribution in [3.05, 3.63) is 77.6 Å². The van der Waals surface area contributed by atoms with E-state index >= 15 is 4.39 Å². The lowest BCUT2D eigenvalue weighted by Gasteiger charge is -2.33. The van der Waals surface area contributed by atoms with Crippen molar-refractivity contribution in [3.8, 4) is 11.1 Å². The molecule has 166 valence electrons. The summed E-state index contributed by atoms with van der Waals surface area (Å²) in [5, 5.41) is 2.48. The molecule has 4 rings (SSSR count). The second kappa shape index (κ2) is 8.96. The Hall–Kier alpha value is -3.46. The van der Waals surface area contributed by atoms with Crippen molar-refractivity contribution in [1.82, 2.24) is 4.98 Å². The van der Waals surface area contributed by atoms with E-state index in [1.54, 1.807) is 6.07 Å². The molecule has 1 amide bonds. The second-order valence-corrected chi connectivity index (χ2v) is 7.58. The molecule has 1 atom stereocenters. The molecule has 1 fully saturated rings. The summed E-state index contributed by atoms with van der Waals surface area (Å²) in [5.74, 6) is -5.69. The number of nitrogens with two attached hydrogens (primary N) is 1. The number of nitrogens with zero attached hydrogens (tertiary/aromatic N) is 2. The van der Waals surface area contributed by atoms with Crippen LogP contribution in [-0.4, -0.2) is 30.0 Å². The van der Waals surface area contributed by atoms with Crippen LogP contribution in [0.4, 0.5) is 28.9 Å². The molecule has 2 aromatic carbocycles. The lowest BCUT2D eigenvalue weighted by atomic mass is 10.00. The highest BCUT2D eigenvalue weighted by Crippen LogP contribution is 2.32. The maximum absolute atomic E-state index is 15.2. The number of carbonyl (C=O) groups is 1. The number of amides is 1. The molecule has 0 unspecified atom stereocenters. The van der Waals surface area contributed by atoms with Crippen molar-refractivity contribution < 1.29 is 22.4 Å². The third-order valence-corrected chi connectivity index (χ3v) is 5.40. The Morgan fingerprint density at radius 3 is 2.53 bits per heavy atom. The van der Waals surface area contributed by atoms with Crippen LogP contribution in [0.3, 0.4) is 0 Å². The van der Waals surface area contributed by atoms with Crippen molar-refractivity contribution >= 4 is 17.3 Å². The van der Waals surface area contributed by atoms with E-state index in [0.717, 1.165) is 43.2 Å². The molecule has 0 bridgehead atoms. The van der Waals surface area contributed by atoms with Gasteiger partial charge in [0.05, 0.1) is 23.1 Å². The minimum Gasteiger partial charge on any atom is -0.368 e. The topological polar surface area (TPSA) is 71.2 Å². The zero-order valence-electron chi connectivity index (χ0n) is 16.9. The highest BCUT2D eigenvalue weighted by atomic mass is 19.1. The number of anilines is 2. The van der Waals surface area contributed by atoms with Gasteiger partial charge in [0.15, 0.2) is 0 Å². The van der Waals surface area contributed by atoms with Gasteiger partial charge in [0.25, 0.3) is 5.91 Å². The molecule has 1 aromatic heterocycles. The number of rotatable bonds is 4. The van der Waals surface area contributed by atoms with Gasteiger partial charge in [-0.2, -0.15) is 0 Å². The van der Waals surface area contributed by atoms with Crippen molar-refractivity contribution in [2.75, 3.05) is 23.3 Å². The van der Waals surface area contributed by atoms with Crippen LogP contribution in [0.2, 0.25) is 0 Å². The summed E-state index contributed by atoms with van der Waals surface area (Å²) < 4.78 is 58.0. The molecule has 1 aliphatic rings. The normalized spacial score (nSPS) is 16.2. The first kappa shape index (κ1) is 21.8. The fourth-order valence-corrected chi connectivity index (χ4v) is 3.88. The first-order valence-corrected chi connectivity index (χ1v) is 10.0. The van der Waals surface area contributed by atoms with Gasteiger partial charge in [0, 0.05) is 30.9 Å². The Bertz CT molecular complexity index is 1150. The molecule has 3 N–H and O–H groups in total. The zero-order chi connectivity index (χ0) is 22.8. The summed E-state index contributed by atoms with van der Waals surface area (Å²) >= 11 is 0. The average molecular weight is 444 g/mol. The highest BCUT2D eigenvalue weighted by Gasteiger charge is 2.26. The number of pyridine rings is 1. The summed E-state index contributed by atoms with van der Waals surface area (Å²) in [7, 11) is 0. The lowest BCUT2D eigenvalue weighted by Crippen LogP contribution is -2.43. The largest absolute Gasteiger partial charge is 0.368 e. The number of nitrogens with one attached hydrogen (secondary N) is 1. The van der Waals surface area contributed by atoms with Crippen LogP contribution in [-0.2, 0) is 0 Å². The van der Waals surface area contributed by atoms with Crippen molar-refractivity contribution in [3.63, 3.8) is 0 Å². The van der Waals surface area contributed by atoms with E-state index in [1.165, 1.54) is 12.4 Å². The highest BCUT2D eigenvalue weighted by molar-refractivity contribution is 6.07. The summed E-state index contributed by atoms with van der Waals surface area (Å²) in [6.45, 7) is 1.25. The van der Waals surface area contributed by atoms with Gasteiger partial charge in [-0.15, -0.1) is 0 Å². The van der Waals surface area contributed by atoms with Gasteiger partial charge in [-0.1, -0.05) is 6.07 Å². The van der Waals surface area contributed by atoms with Crippen LogP contribution in [0.1, 0.15) is 23.2 Å². The number of benzene rings is 2. The van der Waals surface area contributed by atoms with Crippen LogP contribution >= 0.6 is 0 Å². The number of hydrogen-bond donors (Lipinski definition) is 2. The van der Waals surface area contributed by atoms with E-state index in [9.17, 15) is 18.0 Å². The quantitative estimate of drug-likeness (QED) is 0.582.